The zero-order valence-corrected chi connectivity index (χ0v) is 7.20. The van der Waals surface area contributed by atoms with Gasteiger partial charge in [0.15, 0.2) is 0 Å². The molecule has 0 aliphatic heterocycles. The summed E-state index contributed by atoms with van der Waals surface area (Å²) in [4.78, 5) is 4.34. The fourth-order valence-corrected chi connectivity index (χ4v) is 1.27. The van der Waals surface area contributed by atoms with Crippen LogP contribution in [0.5, 0.6) is 0 Å². The predicted molar refractivity (Wildman–Crippen MR) is 49.5 cm³/mol. The van der Waals surface area contributed by atoms with E-state index in [1.165, 1.54) is 5.69 Å². The van der Waals surface area contributed by atoms with E-state index in [1.807, 2.05) is 25.4 Å². The van der Waals surface area contributed by atoms with Gasteiger partial charge < -0.3 is 9.72 Å². The second kappa shape index (κ2) is 2.52. The second-order valence-electron chi connectivity index (χ2n) is 2.77. The number of imidazole rings is 1. The molecular weight excluding hydrogens is 150 g/mol. The molecule has 0 unspecified atom stereocenters. The molecule has 1 N–H and O–H groups in total. The first-order valence-corrected chi connectivity index (χ1v) is 3.94. The summed E-state index contributed by atoms with van der Waals surface area (Å²) in [7, 11) is 1.87. The molecule has 2 heterocycles. The van der Waals surface area contributed by atoms with E-state index in [4.69, 9.17) is 0 Å². The van der Waals surface area contributed by atoms with Gasteiger partial charge in [0, 0.05) is 12.7 Å². The molecule has 0 saturated heterocycles. The highest BCUT2D eigenvalue weighted by atomic mass is 15.1. The number of nitrogens with zero attached hydrogens (tertiary/aromatic N) is 2. The van der Waals surface area contributed by atoms with Crippen molar-refractivity contribution in [2.24, 2.45) is 0 Å². The lowest BCUT2D eigenvalue weighted by molar-refractivity contribution is 1.09. The van der Waals surface area contributed by atoms with Gasteiger partial charge in [-0.05, 0) is 19.1 Å². The molecule has 3 heteroatoms. The maximum absolute atomic E-state index is 4.34. The monoisotopic (exact) mass is 161 g/mol. The average Bonchev–Trinajstić information content (AvgIpc) is 2.49. The van der Waals surface area contributed by atoms with Gasteiger partial charge in [-0.1, -0.05) is 6.07 Å². The average molecular weight is 161 g/mol. The Morgan fingerprint density at radius 2 is 2.25 bits per heavy atom. The summed E-state index contributed by atoms with van der Waals surface area (Å²) in [6, 6.07) is 6.07. The lowest BCUT2D eigenvalue weighted by Crippen LogP contribution is -1.87. The van der Waals surface area contributed by atoms with Gasteiger partial charge in [0.05, 0.1) is 6.20 Å². The van der Waals surface area contributed by atoms with E-state index in [-0.39, 0.29) is 0 Å². The molecule has 0 spiro atoms. The molecule has 0 aliphatic carbocycles. The van der Waals surface area contributed by atoms with Crippen LogP contribution < -0.4 is 5.32 Å². The first-order valence-electron chi connectivity index (χ1n) is 3.94. The molecule has 2 rings (SSSR count). The Balaban J connectivity index is 2.74. The smallest absolute Gasteiger partial charge is 0.145 e. The van der Waals surface area contributed by atoms with E-state index in [1.54, 1.807) is 0 Å². The van der Waals surface area contributed by atoms with Crippen LogP contribution in [0.25, 0.3) is 5.65 Å². The van der Waals surface area contributed by atoms with Gasteiger partial charge in [0.25, 0.3) is 0 Å². The highest BCUT2D eigenvalue weighted by Crippen LogP contribution is 2.10. The van der Waals surface area contributed by atoms with Crippen LogP contribution in [0, 0.1) is 6.92 Å². The SMILES string of the molecule is CNc1cn2c(C)cccc2n1. The molecule has 0 amide bonds. The van der Waals surface area contributed by atoms with Crippen molar-refractivity contribution in [3.05, 3.63) is 30.1 Å². The Kier molecular flexibility index (Phi) is 1.50. The molecule has 12 heavy (non-hydrogen) atoms. The van der Waals surface area contributed by atoms with Crippen LogP contribution in [-0.4, -0.2) is 16.4 Å². The van der Waals surface area contributed by atoms with Crippen molar-refractivity contribution in [2.75, 3.05) is 12.4 Å². The summed E-state index contributed by atoms with van der Waals surface area (Å²) in [6.45, 7) is 2.06. The van der Waals surface area contributed by atoms with Crippen molar-refractivity contribution < 1.29 is 0 Å². The van der Waals surface area contributed by atoms with E-state index in [2.05, 4.69) is 27.7 Å². The number of rotatable bonds is 1. The molecule has 0 atom stereocenters. The fourth-order valence-electron chi connectivity index (χ4n) is 1.27. The van der Waals surface area contributed by atoms with Gasteiger partial charge in [-0.25, -0.2) is 4.98 Å². The van der Waals surface area contributed by atoms with Crippen LogP contribution in [0.1, 0.15) is 5.69 Å². The van der Waals surface area contributed by atoms with E-state index < -0.39 is 0 Å². The third-order valence-corrected chi connectivity index (χ3v) is 1.95. The molecule has 0 fully saturated rings. The highest BCUT2D eigenvalue weighted by molar-refractivity contribution is 5.49. The molecule has 0 aromatic carbocycles. The number of pyridine rings is 1. The van der Waals surface area contributed by atoms with Crippen molar-refractivity contribution >= 4 is 11.5 Å². The minimum Gasteiger partial charge on any atom is -0.372 e. The molecule has 0 saturated carbocycles. The van der Waals surface area contributed by atoms with Crippen LogP contribution in [0.15, 0.2) is 24.4 Å². The lowest BCUT2D eigenvalue weighted by atomic mass is 10.4. The van der Waals surface area contributed by atoms with Crippen LogP contribution in [0.3, 0.4) is 0 Å². The Morgan fingerprint density at radius 3 is 2.92 bits per heavy atom. The summed E-state index contributed by atoms with van der Waals surface area (Å²) in [5.41, 5.74) is 2.18. The minimum atomic E-state index is 0.907. The molecule has 0 aliphatic rings. The third kappa shape index (κ3) is 0.942. The van der Waals surface area contributed by atoms with Crippen molar-refractivity contribution in [3.8, 4) is 0 Å². The van der Waals surface area contributed by atoms with Gasteiger partial charge in [-0.2, -0.15) is 0 Å². The Bertz CT molecular complexity index is 403. The third-order valence-electron chi connectivity index (χ3n) is 1.95. The Hall–Kier alpha value is -1.51. The first kappa shape index (κ1) is 7.16. The Labute approximate surface area is 71.0 Å². The van der Waals surface area contributed by atoms with Crippen LogP contribution in [0.4, 0.5) is 5.82 Å². The lowest BCUT2D eigenvalue weighted by Gasteiger charge is -1.95. The molecular formula is C9H11N3. The predicted octanol–water partition coefficient (Wildman–Crippen LogP) is 1.68. The summed E-state index contributed by atoms with van der Waals surface area (Å²) in [6.07, 6.45) is 1.99. The van der Waals surface area contributed by atoms with E-state index in [9.17, 15) is 0 Å². The van der Waals surface area contributed by atoms with Crippen molar-refractivity contribution in [2.45, 2.75) is 6.92 Å². The molecule has 2 aromatic rings. The van der Waals surface area contributed by atoms with Crippen molar-refractivity contribution in [1.29, 1.82) is 0 Å². The standard InChI is InChI=1S/C9H11N3/c1-7-4-3-5-9-11-8(10-2)6-12(7)9/h3-6,10H,1-2H3. The molecule has 2 aromatic heterocycles. The number of fused-ring (bicyclic) bond motifs is 1. The summed E-state index contributed by atoms with van der Waals surface area (Å²) < 4.78 is 2.06. The quantitative estimate of drug-likeness (QED) is 0.689. The summed E-state index contributed by atoms with van der Waals surface area (Å²) in [5.74, 6) is 0.907. The number of aryl methyl sites for hydroxylation is 1. The number of anilines is 1. The first-order chi connectivity index (χ1) is 5.81. The maximum atomic E-state index is 4.34. The minimum absolute atomic E-state index is 0.907. The second-order valence-corrected chi connectivity index (χ2v) is 2.77. The van der Waals surface area contributed by atoms with Crippen LogP contribution >= 0.6 is 0 Å². The molecule has 3 nitrogen and oxygen atoms in total. The van der Waals surface area contributed by atoms with Crippen LogP contribution in [0.2, 0.25) is 0 Å². The van der Waals surface area contributed by atoms with E-state index >= 15 is 0 Å². The highest BCUT2D eigenvalue weighted by Gasteiger charge is 1.99. The van der Waals surface area contributed by atoms with Gasteiger partial charge in [0.1, 0.15) is 11.5 Å². The zero-order valence-electron chi connectivity index (χ0n) is 7.20. The number of nitrogens with one attached hydrogen (secondary N) is 1. The number of hydrogen-bond acceptors (Lipinski definition) is 2. The van der Waals surface area contributed by atoms with Gasteiger partial charge in [-0.15, -0.1) is 0 Å². The largest absolute Gasteiger partial charge is 0.372 e. The topological polar surface area (TPSA) is 29.3 Å². The normalized spacial score (nSPS) is 10.5. The molecule has 0 bridgehead atoms. The van der Waals surface area contributed by atoms with Crippen molar-refractivity contribution in [3.63, 3.8) is 0 Å². The van der Waals surface area contributed by atoms with Crippen molar-refractivity contribution in [1.82, 2.24) is 9.38 Å². The van der Waals surface area contributed by atoms with Gasteiger partial charge in [-0.3, -0.25) is 0 Å². The van der Waals surface area contributed by atoms with E-state index in [0.717, 1.165) is 11.5 Å². The van der Waals surface area contributed by atoms with E-state index in [0.29, 0.717) is 0 Å². The summed E-state index contributed by atoms with van der Waals surface area (Å²) >= 11 is 0. The fraction of sp³-hybridized carbons (Fsp3) is 0.222. The zero-order chi connectivity index (χ0) is 8.55. The molecule has 62 valence electrons. The van der Waals surface area contributed by atoms with Gasteiger partial charge in [0.2, 0.25) is 0 Å². The number of aromatic nitrogens is 2. The van der Waals surface area contributed by atoms with Crippen LogP contribution in [-0.2, 0) is 0 Å². The Morgan fingerprint density at radius 1 is 1.42 bits per heavy atom. The summed E-state index contributed by atoms with van der Waals surface area (Å²) in [5, 5.41) is 3.01. The maximum Gasteiger partial charge on any atom is 0.145 e. The number of hydrogen-bond donors (Lipinski definition) is 1. The molecule has 0 radical (unpaired) electrons. The van der Waals surface area contributed by atoms with Gasteiger partial charge >= 0.3 is 0 Å².